The summed E-state index contributed by atoms with van der Waals surface area (Å²) in [5, 5.41) is 0. The van der Waals surface area contributed by atoms with E-state index in [-0.39, 0.29) is 0 Å². The number of ether oxygens (including phenoxy) is 1. The van der Waals surface area contributed by atoms with E-state index in [4.69, 9.17) is 9.15 Å². The van der Waals surface area contributed by atoms with Crippen LogP contribution >= 0.6 is 0 Å². The van der Waals surface area contributed by atoms with Crippen molar-refractivity contribution in [1.82, 2.24) is 4.98 Å². The Morgan fingerprint density at radius 2 is 2.29 bits per heavy atom. The number of hydrogen-bond acceptors (Lipinski definition) is 3. The van der Waals surface area contributed by atoms with E-state index in [9.17, 15) is 0 Å². The summed E-state index contributed by atoms with van der Waals surface area (Å²) in [5.74, 6) is 0.645. The molecule has 0 fully saturated rings. The molecule has 72 valence electrons. The number of furan rings is 1. The van der Waals surface area contributed by atoms with Crippen molar-refractivity contribution >= 4 is 0 Å². The molecule has 2 heterocycles. The van der Waals surface area contributed by atoms with E-state index in [0.717, 1.165) is 11.3 Å². The van der Waals surface area contributed by atoms with Gasteiger partial charge >= 0.3 is 0 Å². The van der Waals surface area contributed by atoms with Gasteiger partial charge in [0.1, 0.15) is 0 Å². The minimum absolute atomic E-state index is 0.627. The number of nitrogens with zero attached hydrogens (tertiary/aromatic N) is 1. The topological polar surface area (TPSA) is 35.3 Å². The van der Waals surface area contributed by atoms with Crippen LogP contribution in [0, 0.1) is 0 Å². The molecule has 14 heavy (non-hydrogen) atoms. The van der Waals surface area contributed by atoms with Crippen LogP contribution in [-0.4, -0.2) is 11.6 Å². The van der Waals surface area contributed by atoms with Crippen molar-refractivity contribution in [2.75, 3.05) is 6.61 Å². The lowest BCUT2D eigenvalue weighted by atomic mass is 10.2. The predicted molar refractivity (Wildman–Crippen MR) is 53.1 cm³/mol. The van der Waals surface area contributed by atoms with Crippen LogP contribution < -0.4 is 4.74 Å². The van der Waals surface area contributed by atoms with E-state index in [1.165, 1.54) is 0 Å². The molecular weight excluding hydrogens is 178 g/mol. The summed E-state index contributed by atoms with van der Waals surface area (Å²) in [6.07, 6.45) is 3.29. The fraction of sp³-hybridized carbons (Fsp3) is 0.182. The zero-order valence-corrected chi connectivity index (χ0v) is 7.93. The van der Waals surface area contributed by atoms with Crippen molar-refractivity contribution < 1.29 is 9.15 Å². The molecule has 0 aliphatic rings. The zero-order chi connectivity index (χ0) is 9.80. The second kappa shape index (κ2) is 3.96. The van der Waals surface area contributed by atoms with E-state index in [2.05, 4.69) is 4.98 Å². The van der Waals surface area contributed by atoms with Gasteiger partial charge in [-0.2, -0.15) is 0 Å². The highest BCUT2D eigenvalue weighted by Gasteiger charge is 2.01. The van der Waals surface area contributed by atoms with Crippen LogP contribution in [0.5, 0.6) is 5.88 Å². The predicted octanol–water partition coefficient (Wildman–Crippen LogP) is 2.74. The molecule has 0 aromatic carbocycles. The highest BCUT2D eigenvalue weighted by Crippen LogP contribution is 2.19. The lowest BCUT2D eigenvalue weighted by Gasteiger charge is -2.02. The maximum Gasteiger partial charge on any atom is 0.213 e. The monoisotopic (exact) mass is 189 g/mol. The van der Waals surface area contributed by atoms with Crippen LogP contribution in [0.15, 0.2) is 41.2 Å². The van der Waals surface area contributed by atoms with Gasteiger partial charge in [-0.15, -0.1) is 0 Å². The lowest BCUT2D eigenvalue weighted by molar-refractivity contribution is 0.327. The molecule has 0 amide bonds. The molecule has 0 atom stereocenters. The molecular formula is C11H11NO2. The van der Waals surface area contributed by atoms with Crippen molar-refractivity contribution in [3.8, 4) is 17.1 Å². The first-order chi connectivity index (χ1) is 6.90. The van der Waals surface area contributed by atoms with Crippen molar-refractivity contribution in [2.24, 2.45) is 0 Å². The molecule has 2 rings (SSSR count). The highest BCUT2D eigenvalue weighted by molar-refractivity contribution is 5.57. The first kappa shape index (κ1) is 8.81. The average Bonchev–Trinajstić information content (AvgIpc) is 2.71. The van der Waals surface area contributed by atoms with E-state index < -0.39 is 0 Å². The fourth-order valence-electron chi connectivity index (χ4n) is 1.21. The maximum atomic E-state index is 5.30. The molecule has 0 N–H and O–H groups in total. The quantitative estimate of drug-likeness (QED) is 0.744. The van der Waals surface area contributed by atoms with Crippen LogP contribution in [0.1, 0.15) is 6.92 Å². The van der Waals surface area contributed by atoms with Gasteiger partial charge in [-0.1, -0.05) is 6.07 Å². The van der Waals surface area contributed by atoms with Gasteiger partial charge in [0.25, 0.3) is 0 Å². The van der Waals surface area contributed by atoms with Crippen LogP contribution in [0.2, 0.25) is 0 Å². The molecule has 2 aromatic rings. The Morgan fingerprint density at radius 3 is 3.00 bits per heavy atom. The summed E-state index contributed by atoms with van der Waals surface area (Å²) in [4.78, 5) is 4.32. The largest absolute Gasteiger partial charge is 0.478 e. The molecule has 0 radical (unpaired) electrons. The van der Waals surface area contributed by atoms with Crippen LogP contribution in [0.25, 0.3) is 11.3 Å². The number of aromatic nitrogens is 1. The standard InChI is InChI=1S/C11H11NO2/c1-2-14-11-5-3-4-10(12-11)9-6-7-13-8-9/h3-8H,2H2,1H3. The Hall–Kier alpha value is -1.77. The second-order valence-electron chi connectivity index (χ2n) is 2.81. The van der Waals surface area contributed by atoms with Crippen LogP contribution in [0.3, 0.4) is 0 Å². The zero-order valence-electron chi connectivity index (χ0n) is 7.93. The SMILES string of the molecule is CCOc1cccc(-c2ccoc2)n1. The molecule has 0 spiro atoms. The van der Waals surface area contributed by atoms with E-state index in [1.807, 2.05) is 31.2 Å². The highest BCUT2D eigenvalue weighted by atomic mass is 16.5. The summed E-state index contributed by atoms with van der Waals surface area (Å²) in [5.41, 5.74) is 1.83. The summed E-state index contributed by atoms with van der Waals surface area (Å²) in [6.45, 7) is 2.56. The van der Waals surface area contributed by atoms with Crippen LogP contribution in [0.4, 0.5) is 0 Å². The Kier molecular flexibility index (Phi) is 2.49. The maximum absolute atomic E-state index is 5.30. The van der Waals surface area contributed by atoms with E-state index in [1.54, 1.807) is 12.5 Å². The summed E-state index contributed by atoms with van der Waals surface area (Å²) in [7, 11) is 0. The van der Waals surface area contributed by atoms with Crippen LogP contribution in [-0.2, 0) is 0 Å². The molecule has 0 saturated heterocycles. The minimum Gasteiger partial charge on any atom is -0.478 e. The fourth-order valence-corrected chi connectivity index (χ4v) is 1.21. The van der Waals surface area contributed by atoms with Gasteiger partial charge in [-0.05, 0) is 19.1 Å². The van der Waals surface area contributed by atoms with E-state index >= 15 is 0 Å². The number of hydrogen-bond donors (Lipinski definition) is 0. The molecule has 0 bridgehead atoms. The molecule has 3 nitrogen and oxygen atoms in total. The van der Waals surface area contributed by atoms with Gasteiger partial charge in [0, 0.05) is 11.6 Å². The number of pyridine rings is 1. The van der Waals surface area contributed by atoms with Crippen molar-refractivity contribution in [3.63, 3.8) is 0 Å². The third-order valence-electron chi connectivity index (χ3n) is 1.83. The molecule has 3 heteroatoms. The van der Waals surface area contributed by atoms with Gasteiger partial charge in [-0.25, -0.2) is 4.98 Å². The second-order valence-corrected chi connectivity index (χ2v) is 2.81. The Bertz CT molecular complexity index is 395. The molecule has 0 aliphatic carbocycles. The van der Waals surface area contributed by atoms with E-state index in [0.29, 0.717) is 12.5 Å². The molecule has 0 aliphatic heterocycles. The molecule has 0 unspecified atom stereocenters. The van der Waals surface area contributed by atoms with Gasteiger partial charge < -0.3 is 9.15 Å². The summed E-state index contributed by atoms with van der Waals surface area (Å²) in [6, 6.07) is 7.55. The lowest BCUT2D eigenvalue weighted by Crippen LogP contribution is -1.94. The third-order valence-corrected chi connectivity index (χ3v) is 1.83. The smallest absolute Gasteiger partial charge is 0.213 e. The first-order valence-corrected chi connectivity index (χ1v) is 4.52. The Labute approximate surface area is 82.3 Å². The Balaban J connectivity index is 2.31. The molecule has 2 aromatic heterocycles. The Morgan fingerprint density at radius 1 is 1.36 bits per heavy atom. The third kappa shape index (κ3) is 1.76. The average molecular weight is 189 g/mol. The van der Waals surface area contributed by atoms with Gasteiger partial charge in [0.05, 0.1) is 24.8 Å². The summed E-state index contributed by atoms with van der Waals surface area (Å²) >= 11 is 0. The first-order valence-electron chi connectivity index (χ1n) is 4.52. The normalized spacial score (nSPS) is 10.1. The van der Waals surface area contributed by atoms with Crippen molar-refractivity contribution in [3.05, 3.63) is 36.8 Å². The molecule has 0 saturated carbocycles. The van der Waals surface area contributed by atoms with Crippen molar-refractivity contribution in [2.45, 2.75) is 6.92 Å². The van der Waals surface area contributed by atoms with Crippen molar-refractivity contribution in [1.29, 1.82) is 0 Å². The van der Waals surface area contributed by atoms with Gasteiger partial charge in [0.15, 0.2) is 0 Å². The number of rotatable bonds is 3. The summed E-state index contributed by atoms with van der Waals surface area (Å²) < 4.78 is 10.3. The minimum atomic E-state index is 0.627. The van der Waals surface area contributed by atoms with Gasteiger partial charge in [0.2, 0.25) is 5.88 Å². The van der Waals surface area contributed by atoms with Gasteiger partial charge in [-0.3, -0.25) is 0 Å².